The molecule has 4 nitrogen and oxygen atoms in total. The molecule has 1 aliphatic carbocycles. The number of hydrogen-bond donors (Lipinski definition) is 1. The summed E-state index contributed by atoms with van der Waals surface area (Å²) < 4.78 is 17.3. The smallest absolute Gasteiger partial charge is 0.0977 e. The molecule has 2 fully saturated rings. The van der Waals surface area contributed by atoms with E-state index in [9.17, 15) is 5.11 Å². The van der Waals surface area contributed by atoms with Gasteiger partial charge in [0.15, 0.2) is 0 Å². The van der Waals surface area contributed by atoms with E-state index < -0.39 is 6.10 Å². The maximum Gasteiger partial charge on any atom is 0.0977 e. The number of hydrogen-bond acceptors (Lipinski definition) is 4. The molecule has 4 unspecified atom stereocenters. The van der Waals surface area contributed by atoms with Gasteiger partial charge in [-0.25, -0.2) is 0 Å². The third-order valence-electron chi connectivity index (χ3n) is 5.61. The number of aliphatic hydroxyl groups excluding tert-OH is 1. The van der Waals surface area contributed by atoms with Crippen LogP contribution in [0, 0.1) is 11.3 Å². The molecule has 2 rings (SSSR count). The van der Waals surface area contributed by atoms with Crippen LogP contribution < -0.4 is 0 Å². The van der Waals surface area contributed by atoms with Crippen LogP contribution in [0.15, 0.2) is 11.6 Å². The van der Waals surface area contributed by atoms with Gasteiger partial charge in [0.1, 0.15) is 0 Å². The minimum absolute atomic E-state index is 0.0439. The molecule has 128 valence electrons. The van der Waals surface area contributed by atoms with Crippen LogP contribution in [-0.2, 0) is 14.2 Å². The number of methoxy groups -OCH3 is 2. The first kappa shape index (κ1) is 17.9. The van der Waals surface area contributed by atoms with Crippen molar-refractivity contribution in [3.8, 4) is 0 Å². The van der Waals surface area contributed by atoms with Crippen molar-refractivity contribution in [1.29, 1.82) is 0 Å². The number of rotatable bonds is 6. The van der Waals surface area contributed by atoms with Gasteiger partial charge in [-0.2, -0.15) is 0 Å². The molecule has 0 aromatic rings. The monoisotopic (exact) mass is 312 g/mol. The van der Waals surface area contributed by atoms with E-state index in [1.807, 2.05) is 0 Å². The summed E-state index contributed by atoms with van der Waals surface area (Å²) in [6.45, 7) is 9.16. The van der Waals surface area contributed by atoms with E-state index >= 15 is 0 Å². The van der Waals surface area contributed by atoms with Gasteiger partial charge < -0.3 is 19.3 Å². The fourth-order valence-electron chi connectivity index (χ4n) is 4.14. The van der Waals surface area contributed by atoms with Crippen molar-refractivity contribution in [3.05, 3.63) is 11.6 Å². The minimum atomic E-state index is -0.429. The summed E-state index contributed by atoms with van der Waals surface area (Å²) in [5.41, 5.74) is 0.791. The Morgan fingerprint density at radius 3 is 2.45 bits per heavy atom. The van der Waals surface area contributed by atoms with Gasteiger partial charge in [-0.15, -0.1) is 0 Å². The summed E-state index contributed by atoms with van der Waals surface area (Å²) in [4.78, 5) is 0. The Kier molecular flexibility index (Phi) is 5.38. The molecule has 1 heterocycles. The van der Waals surface area contributed by atoms with Gasteiger partial charge >= 0.3 is 0 Å². The van der Waals surface area contributed by atoms with E-state index in [1.54, 1.807) is 14.2 Å². The third-order valence-corrected chi connectivity index (χ3v) is 5.61. The summed E-state index contributed by atoms with van der Waals surface area (Å²) >= 11 is 0. The Labute approximate surface area is 134 Å². The van der Waals surface area contributed by atoms with Crippen molar-refractivity contribution in [2.24, 2.45) is 11.3 Å². The fraction of sp³-hybridized carbons (Fsp3) is 0.889. The Morgan fingerprint density at radius 1 is 1.36 bits per heavy atom. The number of ether oxygens (including phenoxy) is 3. The first-order valence-corrected chi connectivity index (χ1v) is 8.29. The number of epoxide rings is 1. The van der Waals surface area contributed by atoms with Crippen molar-refractivity contribution in [3.63, 3.8) is 0 Å². The zero-order chi connectivity index (χ0) is 16.5. The van der Waals surface area contributed by atoms with Gasteiger partial charge in [-0.3, -0.25) is 0 Å². The highest BCUT2D eigenvalue weighted by atomic mass is 16.6. The van der Waals surface area contributed by atoms with E-state index in [2.05, 4.69) is 33.8 Å². The summed E-state index contributed by atoms with van der Waals surface area (Å²) in [6, 6.07) is 0. The van der Waals surface area contributed by atoms with Crippen molar-refractivity contribution >= 4 is 0 Å². The molecule has 2 aliphatic rings. The maximum atomic E-state index is 10.8. The fourth-order valence-corrected chi connectivity index (χ4v) is 4.14. The third kappa shape index (κ3) is 3.25. The van der Waals surface area contributed by atoms with Gasteiger partial charge in [-0.1, -0.05) is 25.5 Å². The Hall–Kier alpha value is -0.420. The Balaban J connectivity index is 2.25. The molecule has 1 aliphatic heterocycles. The molecule has 22 heavy (non-hydrogen) atoms. The number of allylic oxidation sites excluding steroid dienone is 1. The molecular formula is C18H32O4. The van der Waals surface area contributed by atoms with Gasteiger partial charge in [-0.05, 0) is 38.5 Å². The molecule has 1 saturated carbocycles. The average molecular weight is 312 g/mol. The van der Waals surface area contributed by atoms with Crippen molar-refractivity contribution < 1.29 is 19.3 Å². The quantitative estimate of drug-likeness (QED) is 0.605. The second-order valence-corrected chi connectivity index (χ2v) is 7.70. The molecule has 0 amide bonds. The molecule has 5 atom stereocenters. The molecule has 1 saturated heterocycles. The van der Waals surface area contributed by atoms with Crippen LogP contribution in [0.1, 0.15) is 47.0 Å². The Bertz CT molecular complexity index is 407. The first-order chi connectivity index (χ1) is 10.3. The highest BCUT2D eigenvalue weighted by Crippen LogP contribution is 2.55. The lowest BCUT2D eigenvalue weighted by atomic mass is 9.60. The van der Waals surface area contributed by atoms with Gasteiger partial charge in [0.2, 0.25) is 0 Å². The number of aliphatic hydroxyl groups is 1. The largest absolute Gasteiger partial charge is 0.392 e. The van der Waals surface area contributed by atoms with Crippen LogP contribution >= 0.6 is 0 Å². The second-order valence-electron chi connectivity index (χ2n) is 7.70. The zero-order valence-electron chi connectivity index (χ0n) is 14.9. The molecule has 0 aromatic carbocycles. The summed E-state index contributed by atoms with van der Waals surface area (Å²) in [7, 11) is 3.48. The molecule has 0 bridgehead atoms. The average Bonchev–Trinajstić information content (AvgIpc) is 3.23. The molecular weight excluding hydrogens is 280 g/mol. The topological polar surface area (TPSA) is 51.2 Å². The van der Waals surface area contributed by atoms with E-state index in [0.717, 1.165) is 19.4 Å². The minimum Gasteiger partial charge on any atom is -0.392 e. The van der Waals surface area contributed by atoms with Crippen LogP contribution in [0.5, 0.6) is 0 Å². The maximum absolute atomic E-state index is 10.8. The molecule has 0 radical (unpaired) electrons. The van der Waals surface area contributed by atoms with Crippen LogP contribution in [-0.4, -0.2) is 49.8 Å². The van der Waals surface area contributed by atoms with Crippen molar-refractivity contribution in [1.82, 2.24) is 0 Å². The van der Waals surface area contributed by atoms with Crippen LogP contribution in [0.3, 0.4) is 0 Å². The first-order valence-electron chi connectivity index (χ1n) is 8.29. The lowest BCUT2D eigenvalue weighted by Gasteiger charge is -2.49. The highest BCUT2D eigenvalue weighted by molar-refractivity contribution is 5.13. The lowest BCUT2D eigenvalue weighted by molar-refractivity contribution is -0.161. The molecule has 0 aromatic heterocycles. The predicted molar refractivity (Wildman–Crippen MR) is 86.8 cm³/mol. The van der Waals surface area contributed by atoms with Crippen molar-refractivity contribution in [2.45, 2.75) is 70.9 Å². The predicted octanol–water partition coefficient (Wildman–Crippen LogP) is 2.94. The zero-order valence-corrected chi connectivity index (χ0v) is 14.9. The summed E-state index contributed by atoms with van der Waals surface area (Å²) in [5.74, 6) is 0.129. The van der Waals surface area contributed by atoms with E-state index in [1.165, 1.54) is 5.57 Å². The van der Waals surface area contributed by atoms with Crippen LogP contribution in [0.25, 0.3) is 0 Å². The summed E-state index contributed by atoms with van der Waals surface area (Å²) in [6.07, 6.45) is 4.29. The van der Waals surface area contributed by atoms with Crippen molar-refractivity contribution in [2.75, 3.05) is 20.8 Å². The van der Waals surface area contributed by atoms with E-state index in [4.69, 9.17) is 14.2 Å². The normalized spacial score (nSPS) is 36.2. The van der Waals surface area contributed by atoms with Gasteiger partial charge in [0.25, 0.3) is 0 Å². The standard InChI is InChI=1S/C18H32O4/c1-12(2)7-8-14(19)17(3,4)16-15(21-6)13(20-5)9-10-18(16)11-22-18/h7,13-16,19H,8-11H2,1-6H3/t13?,14?,15?,16?,18-/m0/s1. The summed E-state index contributed by atoms with van der Waals surface area (Å²) in [5, 5.41) is 10.8. The highest BCUT2D eigenvalue weighted by Gasteiger charge is 2.64. The van der Waals surface area contributed by atoms with Gasteiger partial charge in [0.05, 0.1) is 30.5 Å². The molecule has 1 spiro atoms. The van der Waals surface area contributed by atoms with E-state index in [0.29, 0.717) is 6.42 Å². The van der Waals surface area contributed by atoms with E-state index in [-0.39, 0.29) is 29.1 Å². The van der Waals surface area contributed by atoms with Crippen LogP contribution in [0.4, 0.5) is 0 Å². The Morgan fingerprint density at radius 2 is 2.00 bits per heavy atom. The SMILES string of the molecule is COC1CC[C@]2(CO2)C(C(C)(C)C(O)CC=C(C)C)C1OC. The molecule has 4 heteroatoms. The molecule has 1 N–H and O–H groups in total. The van der Waals surface area contributed by atoms with Crippen LogP contribution in [0.2, 0.25) is 0 Å². The van der Waals surface area contributed by atoms with Gasteiger partial charge in [0, 0.05) is 20.1 Å². The second kappa shape index (κ2) is 6.60. The lowest BCUT2D eigenvalue weighted by Crippen LogP contribution is -2.57.